The molecule has 0 spiro atoms. The molecule has 2 aromatic heterocycles. The molecule has 0 saturated carbocycles. The van der Waals surface area contributed by atoms with Crippen molar-refractivity contribution >= 4 is 27.5 Å². The van der Waals surface area contributed by atoms with Crippen LogP contribution >= 0.6 is 15.9 Å². The smallest absolute Gasteiger partial charge is 0.226 e. The number of imidazole rings is 1. The molecule has 0 aliphatic carbocycles. The third kappa shape index (κ3) is 3.67. The third-order valence-corrected chi connectivity index (χ3v) is 2.64. The normalized spacial score (nSPS) is 10.2. The van der Waals surface area contributed by atoms with Crippen LogP contribution in [0.4, 0.5) is 5.69 Å². The summed E-state index contributed by atoms with van der Waals surface area (Å²) in [5.41, 5.74) is 0.698. The van der Waals surface area contributed by atoms with Crippen LogP contribution in [0.5, 0.6) is 0 Å². The van der Waals surface area contributed by atoms with E-state index in [1.165, 1.54) is 0 Å². The number of carbonyl (C=O) groups is 1. The number of amides is 1. The second kappa shape index (κ2) is 5.58. The number of anilines is 1. The molecule has 0 unspecified atom stereocenters. The van der Waals surface area contributed by atoms with E-state index in [1.54, 1.807) is 30.9 Å². The Bertz CT molecular complexity index is 481. The Hall–Kier alpha value is -1.69. The number of pyridine rings is 1. The summed E-state index contributed by atoms with van der Waals surface area (Å²) in [5, 5.41) is 2.78. The molecule has 1 N–H and O–H groups in total. The summed E-state index contributed by atoms with van der Waals surface area (Å²) in [4.78, 5) is 19.5. The van der Waals surface area contributed by atoms with Crippen molar-refractivity contribution in [2.45, 2.75) is 13.0 Å². The van der Waals surface area contributed by atoms with Crippen molar-refractivity contribution < 1.29 is 4.79 Å². The van der Waals surface area contributed by atoms with Crippen molar-refractivity contribution in [3.05, 3.63) is 41.7 Å². The largest absolute Gasteiger partial charge is 0.337 e. The Balaban J connectivity index is 1.83. The lowest BCUT2D eigenvalue weighted by Gasteiger charge is -2.05. The number of hydrogen-bond donors (Lipinski definition) is 1. The average molecular weight is 295 g/mol. The molecule has 1 amide bonds. The third-order valence-electron chi connectivity index (χ3n) is 2.17. The van der Waals surface area contributed by atoms with Gasteiger partial charge in [0.15, 0.2) is 0 Å². The van der Waals surface area contributed by atoms with Crippen LogP contribution in [0.2, 0.25) is 0 Å². The van der Waals surface area contributed by atoms with Crippen molar-refractivity contribution in [2.24, 2.45) is 0 Å². The van der Waals surface area contributed by atoms with Crippen LogP contribution in [0.1, 0.15) is 6.42 Å². The predicted molar refractivity (Wildman–Crippen MR) is 67.4 cm³/mol. The number of rotatable bonds is 4. The van der Waals surface area contributed by atoms with Gasteiger partial charge in [0.2, 0.25) is 5.91 Å². The fourth-order valence-corrected chi connectivity index (χ4v) is 1.56. The molecule has 17 heavy (non-hydrogen) atoms. The molecule has 0 aromatic carbocycles. The van der Waals surface area contributed by atoms with Gasteiger partial charge in [-0.05, 0) is 28.1 Å². The number of hydrogen-bond acceptors (Lipinski definition) is 3. The van der Waals surface area contributed by atoms with Crippen molar-refractivity contribution in [3.63, 3.8) is 0 Å². The van der Waals surface area contributed by atoms with Crippen molar-refractivity contribution in [2.75, 3.05) is 5.32 Å². The summed E-state index contributed by atoms with van der Waals surface area (Å²) >= 11 is 3.23. The number of aromatic nitrogens is 3. The monoisotopic (exact) mass is 294 g/mol. The van der Waals surface area contributed by atoms with E-state index in [-0.39, 0.29) is 5.91 Å². The van der Waals surface area contributed by atoms with Gasteiger partial charge >= 0.3 is 0 Å². The van der Waals surface area contributed by atoms with E-state index in [1.807, 2.05) is 10.8 Å². The first-order chi connectivity index (χ1) is 8.24. The maximum absolute atomic E-state index is 11.6. The molecule has 0 aliphatic rings. The lowest BCUT2D eigenvalue weighted by molar-refractivity contribution is -0.116. The Kier molecular flexibility index (Phi) is 3.87. The molecule has 0 bridgehead atoms. The molecule has 0 radical (unpaired) electrons. The number of aryl methyl sites for hydroxylation is 1. The Morgan fingerprint density at radius 2 is 2.35 bits per heavy atom. The van der Waals surface area contributed by atoms with Crippen molar-refractivity contribution in [1.82, 2.24) is 14.5 Å². The van der Waals surface area contributed by atoms with Gasteiger partial charge in [-0.2, -0.15) is 0 Å². The fraction of sp³-hybridized carbons (Fsp3) is 0.182. The highest BCUT2D eigenvalue weighted by molar-refractivity contribution is 9.10. The number of carbonyl (C=O) groups excluding carboxylic acids is 1. The minimum Gasteiger partial charge on any atom is -0.337 e. The fourth-order valence-electron chi connectivity index (χ4n) is 1.32. The van der Waals surface area contributed by atoms with Crippen LogP contribution in [0.25, 0.3) is 0 Å². The number of halogens is 1. The van der Waals surface area contributed by atoms with Crippen LogP contribution < -0.4 is 5.32 Å². The molecule has 6 heteroatoms. The van der Waals surface area contributed by atoms with Crippen LogP contribution in [0.15, 0.2) is 41.7 Å². The summed E-state index contributed by atoms with van der Waals surface area (Å²) in [6.45, 7) is 0.621. The molecule has 0 atom stereocenters. The van der Waals surface area contributed by atoms with E-state index in [2.05, 4.69) is 31.2 Å². The van der Waals surface area contributed by atoms with E-state index < -0.39 is 0 Å². The van der Waals surface area contributed by atoms with Crippen molar-refractivity contribution in [1.29, 1.82) is 0 Å². The highest BCUT2D eigenvalue weighted by Gasteiger charge is 2.02. The zero-order valence-electron chi connectivity index (χ0n) is 9.01. The lowest BCUT2D eigenvalue weighted by Crippen LogP contribution is -2.14. The summed E-state index contributed by atoms with van der Waals surface area (Å²) in [6.07, 6.45) is 7.23. The highest BCUT2D eigenvalue weighted by Crippen LogP contribution is 2.10. The number of nitrogens with zero attached hydrogens (tertiary/aromatic N) is 3. The first-order valence-electron chi connectivity index (χ1n) is 5.11. The average Bonchev–Trinajstić information content (AvgIpc) is 2.83. The summed E-state index contributed by atoms with van der Waals surface area (Å²) in [5.74, 6) is -0.0391. The lowest BCUT2D eigenvalue weighted by atomic mass is 10.3. The first kappa shape index (κ1) is 11.8. The van der Waals surface area contributed by atoms with Gasteiger partial charge in [0.05, 0.1) is 18.2 Å². The van der Waals surface area contributed by atoms with Gasteiger partial charge in [0, 0.05) is 25.4 Å². The highest BCUT2D eigenvalue weighted by atomic mass is 79.9. The van der Waals surface area contributed by atoms with E-state index in [4.69, 9.17) is 0 Å². The van der Waals surface area contributed by atoms with Gasteiger partial charge in [-0.25, -0.2) is 9.97 Å². The van der Waals surface area contributed by atoms with Gasteiger partial charge in [-0.3, -0.25) is 4.79 Å². The maximum Gasteiger partial charge on any atom is 0.226 e. The Morgan fingerprint density at radius 1 is 1.47 bits per heavy atom. The summed E-state index contributed by atoms with van der Waals surface area (Å²) in [7, 11) is 0. The number of nitrogens with one attached hydrogen (secondary N) is 1. The molecule has 0 fully saturated rings. The molecule has 5 nitrogen and oxygen atoms in total. The Labute approximate surface area is 107 Å². The van der Waals surface area contributed by atoms with Crippen LogP contribution in [0, 0.1) is 0 Å². The quantitative estimate of drug-likeness (QED) is 0.878. The zero-order valence-corrected chi connectivity index (χ0v) is 10.6. The summed E-state index contributed by atoms with van der Waals surface area (Å²) in [6, 6.07) is 3.58. The molecule has 0 saturated heterocycles. The molecule has 2 aromatic rings. The molecule has 0 aliphatic heterocycles. The Morgan fingerprint density at radius 3 is 3.00 bits per heavy atom. The zero-order chi connectivity index (χ0) is 12.1. The van der Waals surface area contributed by atoms with Crippen LogP contribution in [-0.2, 0) is 11.3 Å². The van der Waals surface area contributed by atoms with Gasteiger partial charge < -0.3 is 9.88 Å². The van der Waals surface area contributed by atoms with Gasteiger partial charge in [0.1, 0.15) is 4.60 Å². The predicted octanol–water partition coefficient (Wildman–Crippen LogP) is 2.07. The standard InChI is InChI=1S/C11H11BrN4O/c12-10-2-1-9(7-14-10)15-11(17)3-5-16-6-4-13-8-16/h1-2,4,6-8H,3,5H2,(H,15,17). The minimum absolute atomic E-state index is 0.0391. The van der Waals surface area contributed by atoms with Gasteiger partial charge in [0.25, 0.3) is 0 Å². The SMILES string of the molecule is O=C(CCn1ccnc1)Nc1ccc(Br)nc1. The second-order valence-corrected chi connectivity index (χ2v) is 4.28. The molecular weight excluding hydrogens is 284 g/mol. The summed E-state index contributed by atoms with van der Waals surface area (Å²) < 4.78 is 2.60. The topological polar surface area (TPSA) is 59.8 Å². The minimum atomic E-state index is -0.0391. The van der Waals surface area contributed by atoms with Gasteiger partial charge in [-0.1, -0.05) is 0 Å². The maximum atomic E-state index is 11.6. The van der Waals surface area contributed by atoms with E-state index in [9.17, 15) is 4.79 Å². The second-order valence-electron chi connectivity index (χ2n) is 3.47. The van der Waals surface area contributed by atoms with Crippen LogP contribution in [-0.4, -0.2) is 20.4 Å². The molecule has 2 rings (SSSR count). The van der Waals surface area contributed by atoms with E-state index in [0.29, 0.717) is 18.7 Å². The first-order valence-corrected chi connectivity index (χ1v) is 5.90. The van der Waals surface area contributed by atoms with E-state index in [0.717, 1.165) is 4.60 Å². The molecular formula is C11H11BrN4O. The molecule has 2 heterocycles. The van der Waals surface area contributed by atoms with E-state index >= 15 is 0 Å². The molecule has 88 valence electrons. The van der Waals surface area contributed by atoms with Gasteiger partial charge in [-0.15, -0.1) is 0 Å². The van der Waals surface area contributed by atoms with Crippen LogP contribution in [0.3, 0.4) is 0 Å². The van der Waals surface area contributed by atoms with Crippen molar-refractivity contribution in [3.8, 4) is 0 Å².